The van der Waals surface area contributed by atoms with Crippen LogP contribution in [0.25, 0.3) is 0 Å². The highest BCUT2D eigenvalue weighted by atomic mass is 35.5. The number of rotatable bonds is 5. The Bertz CT molecular complexity index is 398. The quantitative estimate of drug-likeness (QED) is 0.461. The lowest BCUT2D eigenvalue weighted by Crippen LogP contribution is -2.39. The Morgan fingerprint density at radius 3 is 2.41 bits per heavy atom. The molecule has 0 heterocycles. The van der Waals surface area contributed by atoms with Gasteiger partial charge in [0.25, 0.3) is 0 Å². The van der Waals surface area contributed by atoms with Crippen molar-refractivity contribution in [2.24, 2.45) is 0 Å². The van der Waals surface area contributed by atoms with Crippen LogP contribution in [0.2, 0.25) is 0 Å². The van der Waals surface area contributed by atoms with Crippen molar-refractivity contribution in [3.05, 3.63) is 35.9 Å². The zero-order valence-corrected chi connectivity index (χ0v) is 10.7. The van der Waals surface area contributed by atoms with Gasteiger partial charge in [-0.25, -0.2) is 4.79 Å². The third kappa shape index (κ3) is 3.56. The zero-order chi connectivity index (χ0) is 12.9. The van der Waals surface area contributed by atoms with E-state index in [4.69, 9.17) is 16.3 Å². The van der Waals surface area contributed by atoms with Gasteiger partial charge in [0, 0.05) is 6.42 Å². The van der Waals surface area contributed by atoms with E-state index in [0.717, 1.165) is 5.56 Å². The molecule has 0 bridgehead atoms. The summed E-state index contributed by atoms with van der Waals surface area (Å²) in [7, 11) is 0. The average Bonchev–Trinajstić information content (AvgIpc) is 2.35. The predicted octanol–water partition coefficient (Wildman–Crippen LogP) is 2.71. The SMILES string of the molecule is CCC(=O)[C@@](C)(Cl)C(=O)OCc1ccccc1. The molecule has 1 aromatic rings. The number of benzene rings is 1. The number of ether oxygens (including phenoxy) is 1. The van der Waals surface area contributed by atoms with E-state index < -0.39 is 10.8 Å². The minimum Gasteiger partial charge on any atom is -0.459 e. The smallest absolute Gasteiger partial charge is 0.334 e. The molecule has 17 heavy (non-hydrogen) atoms. The second-order valence-electron chi connectivity index (χ2n) is 3.84. The second kappa shape index (κ2) is 5.82. The Morgan fingerprint density at radius 2 is 1.88 bits per heavy atom. The predicted molar refractivity (Wildman–Crippen MR) is 65.8 cm³/mol. The normalized spacial score (nSPS) is 13.8. The van der Waals surface area contributed by atoms with Crippen LogP contribution >= 0.6 is 11.6 Å². The van der Waals surface area contributed by atoms with Crippen molar-refractivity contribution in [2.75, 3.05) is 0 Å². The topological polar surface area (TPSA) is 43.4 Å². The molecule has 0 unspecified atom stereocenters. The highest BCUT2D eigenvalue weighted by molar-refractivity contribution is 6.45. The van der Waals surface area contributed by atoms with Gasteiger partial charge in [-0.2, -0.15) is 0 Å². The Hall–Kier alpha value is -1.35. The first kappa shape index (κ1) is 13.7. The summed E-state index contributed by atoms with van der Waals surface area (Å²) in [5.41, 5.74) is 0.859. The first-order valence-corrected chi connectivity index (χ1v) is 5.79. The molecule has 3 nitrogen and oxygen atoms in total. The van der Waals surface area contributed by atoms with Crippen molar-refractivity contribution in [3.63, 3.8) is 0 Å². The summed E-state index contributed by atoms with van der Waals surface area (Å²) in [6, 6.07) is 9.24. The third-order valence-corrected chi connectivity index (χ3v) is 2.81. The molecular formula is C13H15ClO3. The van der Waals surface area contributed by atoms with Crippen LogP contribution in [0.5, 0.6) is 0 Å². The molecule has 0 saturated carbocycles. The lowest BCUT2D eigenvalue weighted by Gasteiger charge is -2.18. The number of hydrogen-bond donors (Lipinski definition) is 0. The average molecular weight is 255 g/mol. The fourth-order valence-electron chi connectivity index (χ4n) is 1.30. The molecule has 0 N–H and O–H groups in total. The number of halogens is 1. The molecule has 4 heteroatoms. The molecule has 92 valence electrons. The van der Waals surface area contributed by atoms with Gasteiger partial charge >= 0.3 is 5.97 Å². The van der Waals surface area contributed by atoms with E-state index >= 15 is 0 Å². The number of alkyl halides is 1. The lowest BCUT2D eigenvalue weighted by atomic mass is 10.0. The van der Waals surface area contributed by atoms with E-state index in [1.807, 2.05) is 30.3 Å². The van der Waals surface area contributed by atoms with Gasteiger partial charge in [-0.05, 0) is 12.5 Å². The van der Waals surface area contributed by atoms with Gasteiger partial charge in [0.15, 0.2) is 10.7 Å². The number of hydrogen-bond acceptors (Lipinski definition) is 3. The van der Waals surface area contributed by atoms with Crippen LogP contribution in [0.3, 0.4) is 0 Å². The van der Waals surface area contributed by atoms with Crippen molar-refractivity contribution in [1.82, 2.24) is 0 Å². The number of esters is 1. The third-order valence-electron chi connectivity index (χ3n) is 2.44. The van der Waals surface area contributed by atoms with Crippen molar-refractivity contribution >= 4 is 23.4 Å². The molecule has 1 atom stereocenters. The van der Waals surface area contributed by atoms with E-state index in [-0.39, 0.29) is 18.8 Å². The van der Waals surface area contributed by atoms with Gasteiger partial charge < -0.3 is 4.74 Å². The van der Waals surface area contributed by atoms with Gasteiger partial charge in [0.05, 0.1) is 0 Å². The van der Waals surface area contributed by atoms with E-state index in [2.05, 4.69) is 0 Å². The highest BCUT2D eigenvalue weighted by Crippen LogP contribution is 2.20. The van der Waals surface area contributed by atoms with Crippen molar-refractivity contribution < 1.29 is 14.3 Å². The largest absolute Gasteiger partial charge is 0.459 e. The van der Waals surface area contributed by atoms with Gasteiger partial charge in [0.1, 0.15) is 6.61 Å². The number of carbonyl (C=O) groups is 2. The number of ketones is 1. The molecule has 1 aromatic carbocycles. The fraction of sp³-hybridized carbons (Fsp3) is 0.385. The van der Waals surface area contributed by atoms with Crippen molar-refractivity contribution in [2.45, 2.75) is 31.7 Å². The van der Waals surface area contributed by atoms with Gasteiger partial charge in [-0.1, -0.05) is 48.9 Å². The molecule has 0 saturated heterocycles. The summed E-state index contributed by atoms with van der Waals surface area (Å²) in [6.45, 7) is 3.15. The van der Waals surface area contributed by atoms with Crippen molar-refractivity contribution in [1.29, 1.82) is 0 Å². The minimum absolute atomic E-state index is 0.124. The summed E-state index contributed by atoms with van der Waals surface area (Å²) >= 11 is 5.88. The van der Waals surface area contributed by atoms with E-state index in [9.17, 15) is 9.59 Å². The molecule has 0 fully saturated rings. The zero-order valence-electron chi connectivity index (χ0n) is 9.90. The van der Waals surface area contributed by atoms with Crippen LogP contribution in [0.15, 0.2) is 30.3 Å². The van der Waals surface area contributed by atoms with Crippen LogP contribution in [0.1, 0.15) is 25.8 Å². The lowest BCUT2D eigenvalue weighted by molar-refractivity contribution is -0.150. The van der Waals surface area contributed by atoms with Gasteiger partial charge in [-0.3, -0.25) is 4.79 Å². The molecule has 0 amide bonds. The summed E-state index contributed by atoms with van der Waals surface area (Å²) in [5, 5.41) is 0. The van der Waals surface area contributed by atoms with Crippen LogP contribution in [-0.2, 0) is 20.9 Å². The molecule has 0 aliphatic carbocycles. The van der Waals surface area contributed by atoms with Crippen LogP contribution in [0, 0.1) is 0 Å². The van der Waals surface area contributed by atoms with Crippen LogP contribution in [-0.4, -0.2) is 16.6 Å². The maximum Gasteiger partial charge on any atom is 0.334 e. The van der Waals surface area contributed by atoms with E-state index in [1.165, 1.54) is 6.92 Å². The number of Topliss-reactive ketones (excluding diaryl/α,β-unsaturated/α-hetero) is 1. The van der Waals surface area contributed by atoms with Crippen LogP contribution in [0.4, 0.5) is 0 Å². The molecule has 0 aliphatic heterocycles. The molecule has 1 rings (SSSR count). The standard InChI is InChI=1S/C13H15ClO3/c1-3-11(15)13(2,14)12(16)17-9-10-7-5-4-6-8-10/h4-8H,3,9H2,1-2H3/t13-/m1/s1. The fourth-order valence-corrected chi connectivity index (χ4v) is 1.49. The Balaban J connectivity index is 2.58. The Kier molecular flexibility index (Phi) is 4.70. The van der Waals surface area contributed by atoms with E-state index in [0.29, 0.717) is 0 Å². The Morgan fingerprint density at radius 1 is 1.29 bits per heavy atom. The molecule has 0 aliphatic rings. The van der Waals surface area contributed by atoms with Crippen LogP contribution < -0.4 is 0 Å². The molecule has 0 spiro atoms. The molecule has 0 radical (unpaired) electrons. The first-order chi connectivity index (χ1) is 7.98. The summed E-state index contributed by atoms with van der Waals surface area (Å²) in [4.78, 5) is 21.5. The maximum atomic E-state index is 11.7. The van der Waals surface area contributed by atoms with E-state index in [1.54, 1.807) is 6.92 Å². The van der Waals surface area contributed by atoms with Gasteiger partial charge in [0.2, 0.25) is 0 Å². The summed E-state index contributed by atoms with van der Waals surface area (Å²) < 4.78 is 5.02. The molecule has 0 aromatic heterocycles. The maximum absolute atomic E-state index is 11.7. The molecular weight excluding hydrogens is 240 g/mol. The number of carbonyl (C=O) groups excluding carboxylic acids is 2. The first-order valence-electron chi connectivity index (χ1n) is 5.41. The highest BCUT2D eigenvalue weighted by Gasteiger charge is 2.39. The Labute approximate surface area is 106 Å². The summed E-state index contributed by atoms with van der Waals surface area (Å²) in [6.07, 6.45) is 0.209. The van der Waals surface area contributed by atoms with Crippen molar-refractivity contribution in [3.8, 4) is 0 Å². The summed E-state index contributed by atoms with van der Waals surface area (Å²) in [5.74, 6) is -1.04. The second-order valence-corrected chi connectivity index (χ2v) is 4.60. The minimum atomic E-state index is -1.58. The van der Waals surface area contributed by atoms with Gasteiger partial charge in [-0.15, -0.1) is 0 Å². The monoisotopic (exact) mass is 254 g/mol.